The molecule has 0 aliphatic heterocycles. The van der Waals surface area contributed by atoms with E-state index in [1.807, 2.05) is 0 Å². The Balaban J connectivity index is 2.08. The number of amides is 1. The molecule has 0 bridgehead atoms. The number of sulfonamides is 1. The Bertz CT molecular complexity index is 1100. The highest BCUT2D eigenvalue weighted by molar-refractivity contribution is 7.99. The maximum atomic E-state index is 11.5. The summed E-state index contributed by atoms with van der Waals surface area (Å²) >= 11 is 7.08. The van der Waals surface area contributed by atoms with E-state index in [9.17, 15) is 13.2 Å². The first-order chi connectivity index (χ1) is 13.3. The van der Waals surface area contributed by atoms with E-state index in [1.54, 1.807) is 41.0 Å². The average molecular weight is 439 g/mol. The summed E-state index contributed by atoms with van der Waals surface area (Å²) in [6.07, 6.45) is 0. The standard InChI is InChI=1S/C16H15ClN6O3S2/c17-11-3-1-10(2-4-11)15-21-22-16(27-9-14(24)20-18)23(15)12-5-7-13(8-6-12)28(19,25)26/h1-8H,9,18H2,(H,20,24)(H2,19,25,26). The lowest BCUT2D eigenvalue weighted by Crippen LogP contribution is -2.31. The summed E-state index contributed by atoms with van der Waals surface area (Å²) in [5.74, 6) is 5.27. The highest BCUT2D eigenvalue weighted by atomic mass is 35.5. The lowest BCUT2D eigenvalue weighted by molar-refractivity contribution is -0.118. The maximum Gasteiger partial charge on any atom is 0.244 e. The molecule has 1 aromatic heterocycles. The zero-order valence-electron chi connectivity index (χ0n) is 14.2. The second-order valence-electron chi connectivity index (χ2n) is 5.54. The Morgan fingerprint density at radius 2 is 1.75 bits per heavy atom. The van der Waals surface area contributed by atoms with Gasteiger partial charge in [0.25, 0.3) is 0 Å². The molecule has 0 radical (unpaired) electrons. The minimum Gasteiger partial charge on any atom is -0.294 e. The minimum atomic E-state index is -3.82. The number of hydrazine groups is 1. The normalized spacial score (nSPS) is 11.4. The highest BCUT2D eigenvalue weighted by Crippen LogP contribution is 2.29. The van der Waals surface area contributed by atoms with Crippen molar-refractivity contribution in [1.29, 1.82) is 0 Å². The second-order valence-corrected chi connectivity index (χ2v) is 8.48. The van der Waals surface area contributed by atoms with E-state index in [4.69, 9.17) is 22.6 Å². The van der Waals surface area contributed by atoms with Gasteiger partial charge in [0.2, 0.25) is 15.9 Å². The van der Waals surface area contributed by atoms with E-state index in [0.717, 1.165) is 17.3 Å². The minimum absolute atomic E-state index is 0.0194. The van der Waals surface area contributed by atoms with Gasteiger partial charge in [0.1, 0.15) is 0 Å². The summed E-state index contributed by atoms with van der Waals surface area (Å²) in [6, 6.07) is 12.9. The van der Waals surface area contributed by atoms with Crippen LogP contribution in [0, 0.1) is 0 Å². The molecule has 5 N–H and O–H groups in total. The SMILES string of the molecule is NNC(=O)CSc1nnc(-c2ccc(Cl)cc2)n1-c1ccc(S(N)(=O)=O)cc1. The number of primary sulfonamides is 1. The third-order valence-electron chi connectivity index (χ3n) is 3.65. The van der Waals surface area contributed by atoms with Crippen LogP contribution >= 0.6 is 23.4 Å². The fourth-order valence-corrected chi connectivity index (χ4v) is 3.74. The largest absolute Gasteiger partial charge is 0.294 e. The zero-order valence-corrected chi connectivity index (χ0v) is 16.6. The van der Waals surface area contributed by atoms with Gasteiger partial charge in [-0.3, -0.25) is 14.8 Å². The Morgan fingerprint density at radius 1 is 1.11 bits per heavy atom. The van der Waals surface area contributed by atoms with Gasteiger partial charge in [0, 0.05) is 16.3 Å². The third-order valence-corrected chi connectivity index (χ3v) is 5.76. The summed E-state index contributed by atoms with van der Waals surface area (Å²) in [4.78, 5) is 11.5. The number of nitrogens with one attached hydrogen (secondary N) is 1. The number of nitrogens with two attached hydrogens (primary N) is 2. The Labute approximate surface area is 170 Å². The van der Waals surface area contributed by atoms with Crippen molar-refractivity contribution < 1.29 is 13.2 Å². The smallest absolute Gasteiger partial charge is 0.244 e. The van der Waals surface area contributed by atoms with Crippen molar-refractivity contribution in [3.8, 4) is 17.1 Å². The number of thioether (sulfide) groups is 1. The maximum absolute atomic E-state index is 11.5. The van der Waals surface area contributed by atoms with E-state index >= 15 is 0 Å². The molecule has 0 saturated carbocycles. The van der Waals surface area contributed by atoms with E-state index in [1.165, 1.54) is 12.1 Å². The number of nitrogens with zero attached hydrogens (tertiary/aromatic N) is 3. The average Bonchev–Trinajstić information content (AvgIpc) is 3.10. The number of halogens is 1. The molecule has 146 valence electrons. The van der Waals surface area contributed by atoms with Crippen LogP contribution in [0.3, 0.4) is 0 Å². The number of carbonyl (C=O) groups is 1. The van der Waals surface area contributed by atoms with Crippen LogP contribution < -0.4 is 16.4 Å². The molecule has 1 heterocycles. The molecule has 3 rings (SSSR count). The number of hydrogen-bond donors (Lipinski definition) is 3. The van der Waals surface area contributed by atoms with Gasteiger partial charge in [-0.15, -0.1) is 10.2 Å². The van der Waals surface area contributed by atoms with Gasteiger partial charge in [0.05, 0.1) is 10.6 Å². The predicted octanol–water partition coefficient (Wildman–Crippen LogP) is 1.32. The topological polar surface area (TPSA) is 146 Å². The predicted molar refractivity (Wildman–Crippen MR) is 106 cm³/mol. The third kappa shape index (κ3) is 4.51. The fourth-order valence-electron chi connectivity index (χ4n) is 2.34. The van der Waals surface area contributed by atoms with E-state index in [-0.39, 0.29) is 16.6 Å². The Morgan fingerprint density at radius 3 is 2.32 bits per heavy atom. The first-order valence-corrected chi connectivity index (χ1v) is 10.7. The fraction of sp³-hybridized carbons (Fsp3) is 0.0625. The van der Waals surface area contributed by atoms with E-state index < -0.39 is 10.0 Å². The summed E-state index contributed by atoms with van der Waals surface area (Å²) in [6.45, 7) is 0. The second kappa shape index (κ2) is 8.29. The van der Waals surface area contributed by atoms with Crippen molar-refractivity contribution in [2.75, 3.05) is 5.75 Å². The lowest BCUT2D eigenvalue weighted by atomic mass is 10.2. The van der Waals surface area contributed by atoms with Crippen LogP contribution in [0.25, 0.3) is 17.1 Å². The summed E-state index contributed by atoms with van der Waals surface area (Å²) in [5.41, 5.74) is 3.38. The lowest BCUT2D eigenvalue weighted by Gasteiger charge is -2.11. The molecule has 9 nitrogen and oxygen atoms in total. The molecule has 3 aromatic rings. The van der Waals surface area contributed by atoms with Crippen LogP contribution in [0.4, 0.5) is 0 Å². The molecule has 1 amide bonds. The van der Waals surface area contributed by atoms with Crippen LogP contribution in [-0.4, -0.2) is 34.8 Å². The molecule has 0 atom stereocenters. The molecule has 0 unspecified atom stereocenters. The molecule has 0 saturated heterocycles. The first kappa shape index (κ1) is 20.3. The molecule has 0 fully saturated rings. The van der Waals surface area contributed by atoms with Gasteiger partial charge >= 0.3 is 0 Å². The van der Waals surface area contributed by atoms with Crippen LogP contribution in [-0.2, 0) is 14.8 Å². The summed E-state index contributed by atoms with van der Waals surface area (Å²) < 4.78 is 24.7. The van der Waals surface area contributed by atoms with Gasteiger partial charge in [-0.25, -0.2) is 19.4 Å². The molecule has 0 spiro atoms. The molecule has 2 aromatic carbocycles. The van der Waals surface area contributed by atoms with Crippen molar-refractivity contribution in [3.63, 3.8) is 0 Å². The molecule has 0 aliphatic carbocycles. The van der Waals surface area contributed by atoms with E-state index in [2.05, 4.69) is 15.6 Å². The molecule has 12 heteroatoms. The van der Waals surface area contributed by atoms with Crippen molar-refractivity contribution in [2.45, 2.75) is 10.1 Å². The van der Waals surface area contributed by atoms with Crippen LogP contribution in [0.2, 0.25) is 5.02 Å². The van der Waals surface area contributed by atoms with Crippen molar-refractivity contribution in [1.82, 2.24) is 20.2 Å². The number of carbonyl (C=O) groups excluding carboxylic acids is 1. The van der Waals surface area contributed by atoms with Gasteiger partial charge in [-0.2, -0.15) is 0 Å². The molecular formula is C16H15ClN6O3S2. The zero-order chi connectivity index (χ0) is 20.3. The van der Waals surface area contributed by atoms with Crippen molar-refractivity contribution >= 4 is 39.3 Å². The van der Waals surface area contributed by atoms with E-state index in [0.29, 0.717) is 21.7 Å². The number of aromatic nitrogens is 3. The van der Waals surface area contributed by atoms with Crippen LogP contribution in [0.5, 0.6) is 0 Å². The van der Waals surface area contributed by atoms with Gasteiger partial charge in [-0.1, -0.05) is 23.4 Å². The Kier molecular flexibility index (Phi) is 6.01. The van der Waals surface area contributed by atoms with Crippen molar-refractivity contribution in [3.05, 3.63) is 53.6 Å². The first-order valence-electron chi connectivity index (χ1n) is 7.76. The molecular weight excluding hydrogens is 424 g/mol. The van der Waals surface area contributed by atoms with Crippen molar-refractivity contribution in [2.24, 2.45) is 11.0 Å². The summed E-state index contributed by atoms with van der Waals surface area (Å²) in [7, 11) is -3.82. The van der Waals surface area contributed by atoms with Crippen LogP contribution in [0.1, 0.15) is 0 Å². The van der Waals surface area contributed by atoms with Gasteiger partial charge in [-0.05, 0) is 48.5 Å². The van der Waals surface area contributed by atoms with Gasteiger partial charge in [0.15, 0.2) is 11.0 Å². The molecule has 0 aliphatic rings. The van der Waals surface area contributed by atoms with Crippen LogP contribution in [0.15, 0.2) is 58.6 Å². The highest BCUT2D eigenvalue weighted by Gasteiger charge is 2.18. The quantitative estimate of drug-likeness (QED) is 0.227. The number of rotatable bonds is 6. The number of benzene rings is 2. The number of hydrogen-bond acceptors (Lipinski definition) is 7. The monoisotopic (exact) mass is 438 g/mol. The summed E-state index contributed by atoms with van der Waals surface area (Å²) in [5, 5.41) is 14.5. The van der Waals surface area contributed by atoms with Gasteiger partial charge < -0.3 is 0 Å². The molecule has 28 heavy (non-hydrogen) atoms. The Hall–Kier alpha value is -2.44.